The number of carbonyl (C=O) groups is 2. The summed E-state index contributed by atoms with van der Waals surface area (Å²) in [5.41, 5.74) is 3.73. The molecule has 5 rings (SSSR count). The van der Waals surface area contributed by atoms with Crippen LogP contribution in [-0.4, -0.2) is 58.0 Å². The highest BCUT2D eigenvalue weighted by Crippen LogP contribution is 2.36. The Morgan fingerprint density at radius 3 is 2.18 bits per heavy atom. The molecule has 0 unspecified atom stereocenters. The molecule has 0 bridgehead atoms. The summed E-state index contributed by atoms with van der Waals surface area (Å²) in [6.07, 6.45) is 5.23. The molecule has 1 atom stereocenters. The van der Waals surface area contributed by atoms with Gasteiger partial charge in [-0.2, -0.15) is 0 Å². The molecule has 0 heterocycles. The van der Waals surface area contributed by atoms with Gasteiger partial charge in [-0.05, 0) is 67.6 Å². The number of amides is 2. The first-order valence-electron chi connectivity index (χ1n) is 17.1. The molecule has 0 aliphatic heterocycles. The molecule has 0 radical (unpaired) electrons. The molecule has 2 amide bonds. The molecule has 1 aliphatic rings. The highest BCUT2D eigenvalue weighted by atomic mass is 32.2. The Bertz CT molecular complexity index is 1860. The van der Waals surface area contributed by atoms with Crippen molar-refractivity contribution in [3.8, 4) is 11.5 Å². The average molecular weight is 698 g/mol. The molecule has 4 aromatic carbocycles. The van der Waals surface area contributed by atoms with E-state index in [1.807, 2.05) is 68.4 Å². The molecule has 50 heavy (non-hydrogen) atoms. The second-order valence-corrected chi connectivity index (χ2v) is 14.7. The highest BCUT2D eigenvalue weighted by Gasteiger charge is 2.36. The molecule has 1 saturated carbocycles. The first-order chi connectivity index (χ1) is 24.1. The summed E-state index contributed by atoms with van der Waals surface area (Å²) in [7, 11) is -1.39. The number of methoxy groups -OCH3 is 2. The second kappa shape index (κ2) is 16.7. The van der Waals surface area contributed by atoms with Crippen LogP contribution in [0.3, 0.4) is 0 Å². The van der Waals surface area contributed by atoms with Crippen LogP contribution in [0.25, 0.3) is 0 Å². The molecular weight excluding hydrogens is 651 g/mol. The van der Waals surface area contributed by atoms with Gasteiger partial charge >= 0.3 is 0 Å². The fourth-order valence-corrected chi connectivity index (χ4v) is 7.83. The SMILES string of the molecule is COc1ccc(OC)c(N(CC(=O)N(Cc2ccccc2C)[C@@H](Cc2ccccc2)C(=O)NC2CCCCC2)S(=O)(=O)c2ccc(C)cc2)c1. The summed E-state index contributed by atoms with van der Waals surface area (Å²) in [5, 5.41) is 3.25. The van der Waals surface area contributed by atoms with E-state index in [1.165, 1.54) is 31.3 Å². The van der Waals surface area contributed by atoms with Gasteiger partial charge in [0.25, 0.3) is 10.0 Å². The smallest absolute Gasteiger partial charge is 0.264 e. The number of rotatable bonds is 14. The van der Waals surface area contributed by atoms with Crippen molar-refractivity contribution in [2.24, 2.45) is 0 Å². The maximum Gasteiger partial charge on any atom is 0.264 e. The molecule has 1 N–H and O–H groups in total. The van der Waals surface area contributed by atoms with E-state index in [1.54, 1.807) is 30.3 Å². The lowest BCUT2D eigenvalue weighted by Crippen LogP contribution is -2.55. The summed E-state index contributed by atoms with van der Waals surface area (Å²) >= 11 is 0. The summed E-state index contributed by atoms with van der Waals surface area (Å²) < 4.78 is 41.2. The van der Waals surface area contributed by atoms with Crippen LogP contribution >= 0.6 is 0 Å². The van der Waals surface area contributed by atoms with Gasteiger partial charge in [-0.1, -0.05) is 91.6 Å². The molecule has 1 aliphatic carbocycles. The van der Waals surface area contributed by atoms with Crippen molar-refractivity contribution in [3.63, 3.8) is 0 Å². The molecule has 0 aromatic heterocycles. The van der Waals surface area contributed by atoms with Gasteiger partial charge < -0.3 is 19.7 Å². The van der Waals surface area contributed by atoms with E-state index >= 15 is 0 Å². The first-order valence-corrected chi connectivity index (χ1v) is 18.5. The number of sulfonamides is 1. The van der Waals surface area contributed by atoms with Gasteiger partial charge in [0, 0.05) is 25.1 Å². The first kappa shape index (κ1) is 36.5. The van der Waals surface area contributed by atoms with E-state index in [2.05, 4.69) is 5.32 Å². The highest BCUT2D eigenvalue weighted by molar-refractivity contribution is 7.92. The van der Waals surface area contributed by atoms with Crippen molar-refractivity contribution in [2.45, 2.75) is 75.9 Å². The zero-order valence-corrected chi connectivity index (χ0v) is 30.1. The molecular formula is C40H47N3O6S. The molecule has 0 spiro atoms. The van der Waals surface area contributed by atoms with Crippen LogP contribution in [0, 0.1) is 13.8 Å². The number of anilines is 1. The predicted octanol–water partition coefficient (Wildman–Crippen LogP) is 6.60. The van der Waals surface area contributed by atoms with Gasteiger partial charge in [0.1, 0.15) is 24.1 Å². The van der Waals surface area contributed by atoms with Gasteiger partial charge in [-0.3, -0.25) is 13.9 Å². The number of hydrogen-bond donors (Lipinski definition) is 1. The van der Waals surface area contributed by atoms with E-state index in [0.717, 1.165) is 58.7 Å². The second-order valence-electron chi connectivity index (χ2n) is 12.9. The van der Waals surface area contributed by atoms with Gasteiger partial charge in [0.05, 0.1) is 24.8 Å². The minimum atomic E-state index is -4.32. The normalized spacial score (nSPS) is 14.0. The van der Waals surface area contributed by atoms with Crippen molar-refractivity contribution < 1.29 is 27.5 Å². The van der Waals surface area contributed by atoms with E-state index in [4.69, 9.17) is 9.47 Å². The largest absolute Gasteiger partial charge is 0.497 e. The Balaban J connectivity index is 1.62. The van der Waals surface area contributed by atoms with Crippen LogP contribution in [0.1, 0.15) is 54.4 Å². The van der Waals surface area contributed by atoms with Crippen molar-refractivity contribution in [3.05, 3.63) is 119 Å². The van der Waals surface area contributed by atoms with E-state index < -0.39 is 28.5 Å². The monoisotopic (exact) mass is 697 g/mol. The van der Waals surface area contributed by atoms with E-state index in [0.29, 0.717) is 5.75 Å². The maximum absolute atomic E-state index is 14.9. The quantitative estimate of drug-likeness (QED) is 0.159. The lowest BCUT2D eigenvalue weighted by molar-refractivity contribution is -0.140. The summed E-state index contributed by atoms with van der Waals surface area (Å²) in [5.74, 6) is -0.151. The number of nitrogens with one attached hydrogen (secondary N) is 1. The molecule has 10 heteroatoms. The van der Waals surface area contributed by atoms with Gasteiger partial charge in [0.2, 0.25) is 11.8 Å². The minimum absolute atomic E-state index is 0.0158. The molecule has 0 saturated heterocycles. The lowest BCUT2D eigenvalue weighted by atomic mass is 9.94. The number of ether oxygens (including phenoxy) is 2. The van der Waals surface area contributed by atoms with E-state index in [9.17, 15) is 18.0 Å². The van der Waals surface area contributed by atoms with Gasteiger partial charge in [0.15, 0.2) is 0 Å². The minimum Gasteiger partial charge on any atom is -0.497 e. The number of aryl methyl sites for hydroxylation is 2. The zero-order valence-electron chi connectivity index (χ0n) is 29.3. The number of benzene rings is 4. The Morgan fingerprint density at radius 1 is 0.840 bits per heavy atom. The van der Waals surface area contributed by atoms with Crippen LogP contribution in [-0.2, 0) is 32.6 Å². The van der Waals surface area contributed by atoms with E-state index in [-0.39, 0.29) is 41.2 Å². The van der Waals surface area contributed by atoms with Crippen molar-refractivity contribution >= 4 is 27.5 Å². The maximum atomic E-state index is 14.9. The van der Waals surface area contributed by atoms with Crippen molar-refractivity contribution in [2.75, 3.05) is 25.1 Å². The molecule has 4 aromatic rings. The molecule has 264 valence electrons. The van der Waals surface area contributed by atoms with Crippen LogP contribution in [0.4, 0.5) is 5.69 Å². The van der Waals surface area contributed by atoms with Crippen molar-refractivity contribution in [1.82, 2.24) is 10.2 Å². The van der Waals surface area contributed by atoms with Crippen LogP contribution in [0.2, 0.25) is 0 Å². The number of hydrogen-bond acceptors (Lipinski definition) is 6. The summed E-state index contributed by atoms with van der Waals surface area (Å²) in [6, 6.07) is 27.7. The lowest BCUT2D eigenvalue weighted by Gasteiger charge is -2.35. The Morgan fingerprint density at radius 2 is 1.52 bits per heavy atom. The van der Waals surface area contributed by atoms with Crippen LogP contribution in [0.5, 0.6) is 11.5 Å². The Hall–Kier alpha value is -4.83. The fraction of sp³-hybridized carbons (Fsp3) is 0.350. The van der Waals surface area contributed by atoms with Gasteiger partial charge in [-0.25, -0.2) is 8.42 Å². The summed E-state index contributed by atoms with van der Waals surface area (Å²) in [4.78, 5) is 30.8. The molecule has 1 fully saturated rings. The number of carbonyl (C=O) groups excluding carboxylic acids is 2. The van der Waals surface area contributed by atoms with Crippen molar-refractivity contribution in [1.29, 1.82) is 0 Å². The third kappa shape index (κ3) is 8.84. The Kier molecular flexibility index (Phi) is 12.2. The zero-order chi connectivity index (χ0) is 35.7. The fourth-order valence-electron chi connectivity index (χ4n) is 6.41. The third-order valence-corrected chi connectivity index (χ3v) is 11.1. The van der Waals surface area contributed by atoms with Gasteiger partial charge in [-0.15, -0.1) is 0 Å². The van der Waals surface area contributed by atoms with Crippen LogP contribution < -0.4 is 19.1 Å². The van der Waals surface area contributed by atoms with Crippen LogP contribution in [0.15, 0.2) is 102 Å². The predicted molar refractivity (Wildman–Crippen MR) is 196 cm³/mol. The molecule has 9 nitrogen and oxygen atoms in total. The topological polar surface area (TPSA) is 105 Å². The summed E-state index contributed by atoms with van der Waals surface area (Å²) in [6.45, 7) is 3.35. The average Bonchev–Trinajstić information content (AvgIpc) is 3.13. The standard InChI is InChI=1S/C40H47N3O6S/c1-29-19-22-35(23-20-29)50(46,47)43(36-26-34(48-3)21-24-38(36)49-4)28-39(44)42(27-32-16-12-11-13-30(32)2)37(25-31-14-7-5-8-15-31)40(45)41-33-17-9-6-10-18-33/h5,7-8,11-16,19-24,26,33,37H,6,9-10,17-18,25,27-28H2,1-4H3,(H,41,45)/t37-/m0/s1. The third-order valence-electron chi connectivity index (χ3n) is 9.37. The Labute approximate surface area is 296 Å². The number of nitrogens with zero attached hydrogens (tertiary/aromatic N) is 2.